The number of benzene rings is 1. The Kier molecular flexibility index (Phi) is 3.73. The van der Waals surface area contributed by atoms with E-state index in [1.807, 2.05) is 0 Å². The number of hydrogen-bond acceptors (Lipinski definition) is 5. The first-order valence-electron chi connectivity index (χ1n) is 5.83. The average molecular weight is 300 g/mol. The fraction of sp³-hybridized carbons (Fsp3) is 0.364. The standard InChI is InChI=1S/C11H12N2O6S/c14-11(15)10-5-2-6-12(10)20(18,19)9-4-1-3-8(7-9)13(16)17/h1,3-4,7,10H,2,5-6H2,(H,14,15)/t10-/m1/s1. The SMILES string of the molecule is O=C(O)[C@H]1CCCN1S(=O)(=O)c1cccc([N+](=O)[O-])c1. The third kappa shape index (κ3) is 2.49. The molecule has 1 fully saturated rings. The van der Waals surface area contributed by atoms with Crippen LogP contribution in [0.25, 0.3) is 0 Å². The Morgan fingerprint density at radius 1 is 1.45 bits per heavy atom. The monoisotopic (exact) mass is 300 g/mol. The summed E-state index contributed by atoms with van der Waals surface area (Å²) >= 11 is 0. The second-order valence-electron chi connectivity index (χ2n) is 4.37. The van der Waals surface area contributed by atoms with Crippen LogP contribution in [0, 0.1) is 10.1 Å². The van der Waals surface area contributed by atoms with E-state index in [0.29, 0.717) is 6.42 Å². The van der Waals surface area contributed by atoms with Crippen LogP contribution in [0.5, 0.6) is 0 Å². The Bertz CT molecular complexity index is 657. The summed E-state index contributed by atoms with van der Waals surface area (Å²) in [5.74, 6) is -1.21. The summed E-state index contributed by atoms with van der Waals surface area (Å²) in [6.45, 7) is 0.0992. The summed E-state index contributed by atoms with van der Waals surface area (Å²) < 4.78 is 25.6. The van der Waals surface area contributed by atoms with Gasteiger partial charge in [-0.1, -0.05) is 6.07 Å². The molecule has 0 amide bonds. The molecule has 1 heterocycles. The van der Waals surface area contributed by atoms with Gasteiger partial charge in [-0.15, -0.1) is 0 Å². The van der Waals surface area contributed by atoms with Gasteiger partial charge >= 0.3 is 5.97 Å². The van der Waals surface area contributed by atoms with Crippen LogP contribution in [0.2, 0.25) is 0 Å². The van der Waals surface area contributed by atoms with Crippen LogP contribution in [0.15, 0.2) is 29.2 Å². The molecule has 1 aliphatic rings. The van der Waals surface area contributed by atoms with Crippen LogP contribution < -0.4 is 0 Å². The maximum Gasteiger partial charge on any atom is 0.322 e. The number of hydrogen-bond donors (Lipinski definition) is 1. The Hall–Kier alpha value is -2.00. The Morgan fingerprint density at radius 3 is 2.75 bits per heavy atom. The van der Waals surface area contributed by atoms with Crippen molar-refractivity contribution in [2.24, 2.45) is 0 Å². The molecule has 1 aliphatic heterocycles. The lowest BCUT2D eigenvalue weighted by Gasteiger charge is -2.20. The lowest BCUT2D eigenvalue weighted by molar-refractivity contribution is -0.385. The van der Waals surface area contributed by atoms with Crippen molar-refractivity contribution in [3.8, 4) is 0 Å². The molecule has 8 nitrogen and oxygen atoms in total. The smallest absolute Gasteiger partial charge is 0.322 e. The van der Waals surface area contributed by atoms with Crippen molar-refractivity contribution in [2.45, 2.75) is 23.8 Å². The second-order valence-corrected chi connectivity index (χ2v) is 6.26. The normalized spacial score (nSPS) is 19.9. The summed E-state index contributed by atoms with van der Waals surface area (Å²) in [6, 6.07) is 3.49. The first-order chi connectivity index (χ1) is 9.34. The molecular formula is C11H12N2O6S. The number of rotatable bonds is 4. The van der Waals surface area contributed by atoms with Gasteiger partial charge in [0.25, 0.3) is 5.69 Å². The number of carboxylic acid groups (broad SMARTS) is 1. The molecule has 0 spiro atoms. The lowest BCUT2D eigenvalue weighted by Crippen LogP contribution is -2.40. The molecule has 0 radical (unpaired) electrons. The predicted octanol–water partition coefficient (Wildman–Crippen LogP) is 0.833. The summed E-state index contributed by atoms with van der Waals surface area (Å²) in [7, 11) is -4.04. The minimum absolute atomic E-state index is 0.0992. The van der Waals surface area contributed by atoms with Gasteiger partial charge in [-0.05, 0) is 18.9 Å². The molecule has 0 aliphatic carbocycles. The molecule has 0 saturated carbocycles. The summed E-state index contributed by atoms with van der Waals surface area (Å²) in [4.78, 5) is 20.8. The third-order valence-electron chi connectivity index (χ3n) is 3.12. The minimum atomic E-state index is -4.04. The zero-order valence-electron chi connectivity index (χ0n) is 10.3. The van der Waals surface area contributed by atoms with Crippen molar-refractivity contribution in [1.82, 2.24) is 4.31 Å². The van der Waals surface area contributed by atoms with Crippen LogP contribution in [-0.2, 0) is 14.8 Å². The molecule has 0 bridgehead atoms. The average Bonchev–Trinajstić information content (AvgIpc) is 2.89. The zero-order chi connectivity index (χ0) is 14.9. The number of non-ortho nitro benzene ring substituents is 1. The molecule has 20 heavy (non-hydrogen) atoms. The van der Waals surface area contributed by atoms with Crippen molar-refractivity contribution in [3.05, 3.63) is 34.4 Å². The highest BCUT2D eigenvalue weighted by Gasteiger charge is 2.39. The Balaban J connectivity index is 2.42. The van der Waals surface area contributed by atoms with E-state index >= 15 is 0 Å². The van der Waals surface area contributed by atoms with Gasteiger partial charge in [0.1, 0.15) is 6.04 Å². The molecule has 0 aromatic heterocycles. The number of nitro groups is 1. The Morgan fingerprint density at radius 2 is 2.15 bits per heavy atom. The highest BCUT2D eigenvalue weighted by Crippen LogP contribution is 2.27. The highest BCUT2D eigenvalue weighted by atomic mass is 32.2. The fourth-order valence-electron chi connectivity index (χ4n) is 2.17. The predicted molar refractivity (Wildman–Crippen MR) is 67.6 cm³/mol. The molecule has 1 atom stereocenters. The van der Waals surface area contributed by atoms with Crippen molar-refractivity contribution in [1.29, 1.82) is 0 Å². The molecule has 1 saturated heterocycles. The van der Waals surface area contributed by atoms with Gasteiger partial charge in [-0.3, -0.25) is 14.9 Å². The molecule has 9 heteroatoms. The zero-order valence-corrected chi connectivity index (χ0v) is 11.1. The largest absolute Gasteiger partial charge is 0.480 e. The number of carbonyl (C=O) groups is 1. The van der Waals surface area contributed by atoms with Crippen LogP contribution in [0.4, 0.5) is 5.69 Å². The first-order valence-corrected chi connectivity index (χ1v) is 7.27. The van der Waals surface area contributed by atoms with Gasteiger partial charge in [-0.2, -0.15) is 4.31 Å². The minimum Gasteiger partial charge on any atom is -0.480 e. The van der Waals surface area contributed by atoms with Gasteiger partial charge < -0.3 is 5.11 Å². The van der Waals surface area contributed by atoms with Crippen molar-refractivity contribution in [3.63, 3.8) is 0 Å². The van der Waals surface area contributed by atoms with Gasteiger partial charge in [0.2, 0.25) is 10.0 Å². The number of nitrogens with zero attached hydrogens (tertiary/aromatic N) is 2. The molecule has 2 rings (SSSR count). The second kappa shape index (κ2) is 5.17. The maximum atomic E-state index is 12.4. The van der Waals surface area contributed by atoms with Crippen molar-refractivity contribution < 1.29 is 23.2 Å². The highest BCUT2D eigenvalue weighted by molar-refractivity contribution is 7.89. The first kappa shape index (κ1) is 14.4. The molecule has 108 valence electrons. The molecule has 1 aromatic rings. The fourth-order valence-corrected chi connectivity index (χ4v) is 3.86. The van der Waals surface area contributed by atoms with Gasteiger partial charge in [0.05, 0.1) is 9.82 Å². The van der Waals surface area contributed by atoms with Gasteiger partial charge in [0.15, 0.2) is 0 Å². The summed E-state index contributed by atoms with van der Waals surface area (Å²) in [5.41, 5.74) is -0.350. The van der Waals surface area contributed by atoms with Crippen LogP contribution >= 0.6 is 0 Å². The van der Waals surface area contributed by atoms with Gasteiger partial charge in [-0.25, -0.2) is 8.42 Å². The van der Waals surface area contributed by atoms with E-state index in [9.17, 15) is 23.3 Å². The summed E-state index contributed by atoms with van der Waals surface area (Å²) in [5, 5.41) is 19.7. The van der Waals surface area contributed by atoms with Crippen LogP contribution in [-0.4, -0.2) is 41.3 Å². The van der Waals surface area contributed by atoms with E-state index in [0.717, 1.165) is 10.4 Å². The van der Waals surface area contributed by atoms with E-state index in [1.165, 1.54) is 18.2 Å². The maximum absolute atomic E-state index is 12.4. The Labute approximate surface area is 114 Å². The quantitative estimate of drug-likeness (QED) is 0.650. The molecule has 1 N–H and O–H groups in total. The van der Waals surface area contributed by atoms with Gasteiger partial charge in [0, 0.05) is 18.7 Å². The van der Waals surface area contributed by atoms with E-state index in [2.05, 4.69) is 0 Å². The lowest BCUT2D eigenvalue weighted by atomic mass is 10.2. The van der Waals surface area contributed by atoms with Crippen LogP contribution in [0.3, 0.4) is 0 Å². The van der Waals surface area contributed by atoms with Crippen LogP contribution in [0.1, 0.15) is 12.8 Å². The summed E-state index contributed by atoms with van der Waals surface area (Å²) in [6.07, 6.45) is 0.689. The molecule has 0 unspecified atom stereocenters. The number of aliphatic carboxylic acids is 1. The molecule has 1 aromatic carbocycles. The number of nitro benzene ring substituents is 1. The topological polar surface area (TPSA) is 118 Å². The van der Waals surface area contributed by atoms with E-state index in [4.69, 9.17) is 5.11 Å². The van der Waals surface area contributed by atoms with Crippen molar-refractivity contribution >= 4 is 21.7 Å². The number of sulfonamides is 1. The van der Waals surface area contributed by atoms with Crippen molar-refractivity contribution in [2.75, 3.05) is 6.54 Å². The third-order valence-corrected chi connectivity index (χ3v) is 5.03. The van der Waals surface area contributed by atoms with E-state index in [-0.39, 0.29) is 23.5 Å². The molecular weight excluding hydrogens is 288 g/mol. The van der Waals surface area contributed by atoms with E-state index in [1.54, 1.807) is 0 Å². The number of carboxylic acids is 1. The van der Waals surface area contributed by atoms with E-state index < -0.39 is 27.0 Å².